The maximum Gasteiger partial charge on any atom is 0.355 e. The van der Waals surface area contributed by atoms with Gasteiger partial charge < -0.3 is 5.11 Å². The molecule has 0 radical (unpaired) electrons. The largest absolute Gasteiger partial charge is 0.477 e. The van der Waals surface area contributed by atoms with Crippen molar-refractivity contribution in [2.24, 2.45) is 0 Å². The van der Waals surface area contributed by atoms with E-state index in [2.05, 4.69) is 27.6 Å². The maximum atomic E-state index is 13.2. The summed E-state index contributed by atoms with van der Waals surface area (Å²) < 4.78 is 4.07. The first-order chi connectivity index (χ1) is 13.1. The van der Waals surface area contributed by atoms with Crippen LogP contribution in [0, 0.1) is 3.70 Å². The Morgan fingerprint density at radius 1 is 1.07 bits per heavy atom. The Morgan fingerprint density at radius 2 is 1.85 bits per heavy atom. The van der Waals surface area contributed by atoms with Gasteiger partial charge in [-0.25, -0.2) is 9.78 Å². The Hall–Kier alpha value is -2.45. The summed E-state index contributed by atoms with van der Waals surface area (Å²) in [5, 5.41) is 11.4. The van der Waals surface area contributed by atoms with Gasteiger partial charge in [-0.2, -0.15) is 8.97 Å². The number of hydrogen-bond donors (Lipinski definition) is 1. The summed E-state index contributed by atoms with van der Waals surface area (Å²) >= 11 is 8.00. The van der Waals surface area contributed by atoms with Crippen LogP contribution in [-0.4, -0.2) is 14.5 Å². The summed E-state index contributed by atoms with van der Waals surface area (Å²) in [5.41, 5.74) is 2.12. The summed E-state index contributed by atoms with van der Waals surface area (Å²) in [6.07, 6.45) is 1.66. The van der Waals surface area contributed by atoms with E-state index in [4.69, 9.17) is 11.6 Å². The second-order valence-corrected chi connectivity index (χ2v) is 7.48. The highest BCUT2D eigenvalue weighted by Gasteiger charge is 2.26. The molecule has 0 aliphatic rings. The molecule has 1 N–H and O–H groups in total. The molecule has 4 aromatic rings. The Labute approximate surface area is 173 Å². The smallest absolute Gasteiger partial charge is 0.355 e. The summed E-state index contributed by atoms with van der Waals surface area (Å²) in [4.78, 5) is 17.3. The lowest BCUT2D eigenvalue weighted by Gasteiger charge is -2.11. The van der Waals surface area contributed by atoms with E-state index < -0.39 is 0 Å². The molecule has 0 spiro atoms. The van der Waals surface area contributed by atoms with E-state index in [-0.39, 0.29) is 17.0 Å². The van der Waals surface area contributed by atoms with E-state index >= 15 is 0 Å². The fourth-order valence-electron chi connectivity index (χ4n) is 3.03. The first kappa shape index (κ1) is 17.9. The molecule has 7 heteroatoms. The van der Waals surface area contributed by atoms with E-state index in [1.54, 1.807) is 27.3 Å². The van der Waals surface area contributed by atoms with Gasteiger partial charge in [-0.15, -0.1) is 0 Å². The topological polar surface area (TPSA) is 58.5 Å². The third-order valence-electron chi connectivity index (χ3n) is 4.29. The molecule has 1 aromatic carbocycles. The Balaban J connectivity index is 2.04. The number of benzene rings is 1. The highest BCUT2D eigenvalue weighted by atomic mass is 127. The van der Waals surface area contributed by atoms with Gasteiger partial charge in [-0.3, -0.25) is 0 Å². The molecule has 0 fully saturated rings. The summed E-state index contributed by atoms with van der Waals surface area (Å²) in [6.45, 7) is 0.347. The van der Waals surface area contributed by atoms with Crippen molar-refractivity contribution in [1.29, 1.82) is 0 Å². The molecule has 0 atom stereocenters. The molecule has 27 heavy (non-hydrogen) atoms. The van der Waals surface area contributed by atoms with E-state index in [1.807, 2.05) is 48.5 Å². The third-order valence-corrected chi connectivity index (χ3v) is 5.35. The van der Waals surface area contributed by atoms with Gasteiger partial charge in [0, 0.05) is 40.4 Å². The van der Waals surface area contributed by atoms with Crippen LogP contribution in [0.4, 0.5) is 0 Å². The molecule has 0 aliphatic heterocycles. The van der Waals surface area contributed by atoms with Crippen molar-refractivity contribution < 1.29 is 9.67 Å². The molecule has 0 amide bonds. The second-order valence-electron chi connectivity index (χ2n) is 5.99. The summed E-state index contributed by atoms with van der Waals surface area (Å²) in [5.74, 6) is -0.0804. The number of hydrogen-bond acceptors (Lipinski definition) is 3. The van der Waals surface area contributed by atoms with E-state index in [0.29, 0.717) is 22.9 Å². The molecule has 134 valence electrons. The van der Waals surface area contributed by atoms with E-state index in [0.717, 1.165) is 9.26 Å². The zero-order valence-corrected chi connectivity index (χ0v) is 16.9. The van der Waals surface area contributed by atoms with Crippen LogP contribution in [0.2, 0.25) is 5.15 Å². The minimum absolute atomic E-state index is 0.0804. The fourth-order valence-corrected chi connectivity index (χ4v) is 3.82. The average Bonchev–Trinajstić information content (AvgIpc) is 2.67. The SMILES string of the molecule is O=c1c(-c2ccccc2)c(O)[n+](Cc2ccc(Cl)nc2)c2cccc(I)n12. The minimum Gasteiger partial charge on any atom is -0.477 e. The van der Waals surface area contributed by atoms with Crippen LogP contribution in [0.5, 0.6) is 5.88 Å². The number of halogens is 2. The fraction of sp³-hybridized carbons (Fsp3) is 0.0500. The van der Waals surface area contributed by atoms with Crippen LogP contribution in [0.25, 0.3) is 16.8 Å². The maximum absolute atomic E-state index is 13.2. The first-order valence-electron chi connectivity index (χ1n) is 8.18. The molecule has 4 rings (SSSR count). The van der Waals surface area contributed by atoms with Crippen molar-refractivity contribution in [3.05, 3.63) is 91.6 Å². The van der Waals surface area contributed by atoms with Crippen molar-refractivity contribution >= 4 is 39.8 Å². The molecule has 3 aromatic heterocycles. The standard InChI is InChI=1S/C20H13ClIN3O2/c21-15-10-9-13(11-23-15)12-24-17-8-4-7-16(22)25(17)20(27)18(19(24)26)14-5-2-1-3-6-14/h1-11H,12H2/p+1. The number of pyridine rings is 2. The van der Waals surface area contributed by atoms with Gasteiger partial charge in [0.2, 0.25) is 0 Å². The lowest BCUT2D eigenvalue weighted by Crippen LogP contribution is -2.42. The van der Waals surface area contributed by atoms with Crippen molar-refractivity contribution in [3.8, 4) is 17.0 Å². The molecule has 5 nitrogen and oxygen atoms in total. The average molecular weight is 491 g/mol. The third kappa shape index (κ3) is 3.30. The van der Waals surface area contributed by atoms with Crippen molar-refractivity contribution in [2.45, 2.75) is 6.54 Å². The summed E-state index contributed by atoms with van der Waals surface area (Å²) in [7, 11) is 0. The molecular formula is C20H14ClIN3O2+. The van der Waals surface area contributed by atoms with Gasteiger partial charge in [0.1, 0.15) is 11.7 Å². The lowest BCUT2D eigenvalue weighted by atomic mass is 10.1. The molecule has 3 heterocycles. The van der Waals surface area contributed by atoms with E-state index in [1.165, 1.54) is 0 Å². The number of rotatable bonds is 3. The number of fused-ring (bicyclic) bond motifs is 1. The zero-order valence-electron chi connectivity index (χ0n) is 14.0. The van der Waals surface area contributed by atoms with E-state index in [9.17, 15) is 9.90 Å². The minimum atomic E-state index is -0.260. The van der Waals surface area contributed by atoms with Crippen molar-refractivity contribution in [1.82, 2.24) is 9.38 Å². The van der Waals surface area contributed by atoms with Crippen LogP contribution in [0.15, 0.2) is 71.7 Å². The Morgan fingerprint density at radius 3 is 2.56 bits per heavy atom. The quantitative estimate of drug-likeness (QED) is 0.271. The van der Waals surface area contributed by atoms with Crippen LogP contribution >= 0.6 is 34.2 Å². The lowest BCUT2D eigenvalue weighted by molar-refractivity contribution is -0.671. The molecule has 0 saturated carbocycles. The molecular weight excluding hydrogens is 477 g/mol. The highest BCUT2D eigenvalue weighted by molar-refractivity contribution is 14.1. The van der Waals surface area contributed by atoms with Gasteiger partial charge in [0.15, 0.2) is 9.26 Å². The molecule has 0 bridgehead atoms. The number of aromatic hydroxyl groups is 1. The van der Waals surface area contributed by atoms with Gasteiger partial charge in [0.25, 0.3) is 11.5 Å². The van der Waals surface area contributed by atoms with Gasteiger partial charge in [0.05, 0.1) is 0 Å². The van der Waals surface area contributed by atoms with Gasteiger partial charge in [-0.05, 0) is 23.8 Å². The van der Waals surface area contributed by atoms with Crippen LogP contribution in [0.3, 0.4) is 0 Å². The predicted molar refractivity (Wildman–Crippen MR) is 112 cm³/mol. The monoisotopic (exact) mass is 490 g/mol. The second kappa shape index (κ2) is 7.28. The van der Waals surface area contributed by atoms with Crippen LogP contribution < -0.4 is 10.1 Å². The zero-order chi connectivity index (χ0) is 19.0. The highest BCUT2D eigenvalue weighted by Crippen LogP contribution is 2.24. The molecule has 0 aliphatic carbocycles. The predicted octanol–water partition coefficient (Wildman–Crippen LogP) is 3.66. The number of aromatic nitrogens is 3. The van der Waals surface area contributed by atoms with Gasteiger partial charge in [-0.1, -0.05) is 48.0 Å². The Kier molecular flexibility index (Phi) is 4.84. The van der Waals surface area contributed by atoms with Gasteiger partial charge >= 0.3 is 5.56 Å². The van der Waals surface area contributed by atoms with Crippen LogP contribution in [-0.2, 0) is 6.54 Å². The normalized spacial score (nSPS) is 11.0. The van der Waals surface area contributed by atoms with Crippen molar-refractivity contribution in [3.63, 3.8) is 0 Å². The summed E-state index contributed by atoms with van der Waals surface area (Å²) in [6, 6.07) is 18.2. The molecule has 0 unspecified atom stereocenters. The number of nitrogens with zero attached hydrogens (tertiary/aromatic N) is 3. The molecule has 0 saturated heterocycles. The van der Waals surface area contributed by atoms with Crippen molar-refractivity contribution in [2.75, 3.05) is 0 Å². The Bertz CT molecular complexity index is 1190. The van der Waals surface area contributed by atoms with Crippen LogP contribution in [0.1, 0.15) is 5.56 Å². The first-order valence-corrected chi connectivity index (χ1v) is 9.64.